The Kier molecular flexibility index (Phi) is 5.40. The summed E-state index contributed by atoms with van der Waals surface area (Å²) in [7, 11) is 1.37. The molecule has 9 nitrogen and oxygen atoms in total. The van der Waals surface area contributed by atoms with Gasteiger partial charge in [0.05, 0.1) is 29.9 Å². The van der Waals surface area contributed by atoms with Crippen LogP contribution in [-0.4, -0.2) is 23.1 Å². The molecule has 0 aliphatic rings. The van der Waals surface area contributed by atoms with Gasteiger partial charge >= 0.3 is 6.03 Å². The summed E-state index contributed by atoms with van der Waals surface area (Å²) in [5.41, 5.74) is 0.275. The molecule has 0 atom stereocenters. The number of nitrogens with one attached hydrogen (secondary N) is 1. The van der Waals surface area contributed by atoms with Crippen LogP contribution in [0.3, 0.4) is 0 Å². The monoisotopic (exact) mass is 330 g/mol. The normalized spacial score (nSPS) is 9.88. The van der Waals surface area contributed by atoms with Gasteiger partial charge in [-0.05, 0) is 17.7 Å². The molecule has 0 aliphatic heterocycles. The van der Waals surface area contributed by atoms with E-state index in [2.05, 4.69) is 10.6 Å². The van der Waals surface area contributed by atoms with E-state index in [1.807, 2.05) is 0 Å². The van der Waals surface area contributed by atoms with Crippen LogP contribution in [0.1, 0.15) is 5.56 Å². The van der Waals surface area contributed by atoms with Gasteiger partial charge in [-0.3, -0.25) is 10.1 Å². The molecule has 2 rings (SSSR count). The van der Waals surface area contributed by atoms with Crippen LogP contribution in [0.4, 0.5) is 16.2 Å². The third kappa shape index (κ3) is 4.03. The summed E-state index contributed by atoms with van der Waals surface area (Å²) < 4.78 is 4.92. The lowest BCUT2D eigenvalue weighted by molar-refractivity contribution is -0.384. The molecule has 2 amide bonds. The van der Waals surface area contributed by atoms with Crippen LogP contribution in [0.25, 0.3) is 0 Å². The van der Waals surface area contributed by atoms with E-state index < -0.39 is 11.0 Å². The van der Waals surface area contributed by atoms with Gasteiger partial charge in [0, 0.05) is 0 Å². The van der Waals surface area contributed by atoms with Crippen molar-refractivity contribution in [3.05, 3.63) is 69.1 Å². The molecule has 0 saturated carbocycles. The second-order valence-electron chi connectivity index (χ2n) is 4.70. The predicted octanol–water partition coefficient (Wildman–Crippen LogP) is 3.32. The Hall–Kier alpha value is -3.49. The number of nitro benzene ring substituents is 1. The van der Waals surface area contributed by atoms with Crippen LogP contribution in [0, 0.1) is 15.0 Å². The number of amides is 2. The summed E-state index contributed by atoms with van der Waals surface area (Å²) in [4.78, 5) is 33.5. The maximum atomic E-state index is 12.1. The van der Waals surface area contributed by atoms with E-state index in [-0.39, 0.29) is 23.7 Å². The van der Waals surface area contributed by atoms with Crippen molar-refractivity contribution in [1.29, 1.82) is 0 Å². The largest absolute Gasteiger partial charge is 0.496 e. The molecular weight excluding hydrogens is 316 g/mol. The number of ether oxygens (including phenoxy) is 1. The number of anilines is 1. The van der Waals surface area contributed by atoms with Gasteiger partial charge in [0.25, 0.3) is 5.69 Å². The van der Waals surface area contributed by atoms with Crippen LogP contribution in [0.2, 0.25) is 0 Å². The molecule has 1 N–H and O–H groups in total. The van der Waals surface area contributed by atoms with Gasteiger partial charge in [-0.25, -0.2) is 4.79 Å². The third-order valence-corrected chi connectivity index (χ3v) is 3.15. The zero-order chi connectivity index (χ0) is 17.5. The summed E-state index contributed by atoms with van der Waals surface area (Å²) in [6, 6.07) is 11.8. The molecule has 2 aromatic carbocycles. The van der Waals surface area contributed by atoms with E-state index in [0.717, 1.165) is 0 Å². The Morgan fingerprint density at radius 2 is 2.00 bits per heavy atom. The quantitative estimate of drug-likeness (QED) is 0.495. The minimum Gasteiger partial charge on any atom is -0.496 e. The van der Waals surface area contributed by atoms with Crippen LogP contribution >= 0.6 is 0 Å². The minimum absolute atomic E-state index is 0.0554. The molecular formula is C15H14N4O5. The van der Waals surface area contributed by atoms with E-state index in [4.69, 9.17) is 4.74 Å². The van der Waals surface area contributed by atoms with Crippen molar-refractivity contribution >= 4 is 17.4 Å². The Labute approximate surface area is 136 Å². The SMILES string of the molecule is COc1ccc(NC(=O)N(Cc2ccccc2)N=O)c([N+](=O)[O-])c1. The van der Waals surface area contributed by atoms with Crippen LogP contribution in [0.15, 0.2) is 53.8 Å². The number of carbonyl (C=O) groups excluding carboxylic acids is 1. The highest BCUT2D eigenvalue weighted by atomic mass is 16.6. The number of benzene rings is 2. The zero-order valence-electron chi connectivity index (χ0n) is 12.7. The third-order valence-electron chi connectivity index (χ3n) is 3.15. The Bertz CT molecular complexity index is 751. The molecule has 0 saturated heterocycles. The molecule has 2 aromatic rings. The number of rotatable bonds is 6. The van der Waals surface area contributed by atoms with Crippen LogP contribution in [-0.2, 0) is 6.54 Å². The predicted molar refractivity (Wildman–Crippen MR) is 86.4 cm³/mol. The highest BCUT2D eigenvalue weighted by Gasteiger charge is 2.21. The van der Waals surface area contributed by atoms with Crippen molar-refractivity contribution in [3.8, 4) is 5.75 Å². The number of nitrogens with zero attached hydrogens (tertiary/aromatic N) is 3. The first-order chi connectivity index (χ1) is 11.5. The van der Waals surface area contributed by atoms with Crippen molar-refractivity contribution in [2.45, 2.75) is 6.54 Å². The fourth-order valence-corrected chi connectivity index (χ4v) is 1.97. The molecule has 0 spiro atoms. The number of nitroso groups, excluding NO2 is 1. The number of hydrogen-bond donors (Lipinski definition) is 1. The van der Waals surface area contributed by atoms with Crippen molar-refractivity contribution < 1.29 is 14.5 Å². The average Bonchev–Trinajstić information content (AvgIpc) is 2.60. The second kappa shape index (κ2) is 7.68. The van der Waals surface area contributed by atoms with E-state index >= 15 is 0 Å². The van der Waals surface area contributed by atoms with Gasteiger partial charge in [0.1, 0.15) is 11.4 Å². The lowest BCUT2D eigenvalue weighted by atomic mass is 10.2. The van der Waals surface area contributed by atoms with E-state index in [1.54, 1.807) is 30.3 Å². The summed E-state index contributed by atoms with van der Waals surface area (Å²) in [6.07, 6.45) is 0. The van der Waals surface area contributed by atoms with Crippen LogP contribution in [0.5, 0.6) is 5.75 Å². The highest BCUT2D eigenvalue weighted by Crippen LogP contribution is 2.29. The van der Waals surface area contributed by atoms with Crippen molar-refractivity contribution in [3.63, 3.8) is 0 Å². The first-order valence-corrected chi connectivity index (χ1v) is 6.83. The van der Waals surface area contributed by atoms with Gasteiger partial charge in [-0.1, -0.05) is 30.3 Å². The van der Waals surface area contributed by atoms with Crippen molar-refractivity contribution in [1.82, 2.24) is 5.01 Å². The average molecular weight is 330 g/mol. The Morgan fingerprint density at radius 1 is 1.29 bits per heavy atom. The molecule has 0 heterocycles. The van der Waals surface area contributed by atoms with Gasteiger partial charge in [-0.15, -0.1) is 4.91 Å². The maximum absolute atomic E-state index is 12.1. The minimum atomic E-state index is -0.873. The molecule has 9 heteroatoms. The fourth-order valence-electron chi connectivity index (χ4n) is 1.97. The Morgan fingerprint density at radius 3 is 2.58 bits per heavy atom. The summed E-state index contributed by atoms with van der Waals surface area (Å²) in [5.74, 6) is 0.273. The first kappa shape index (κ1) is 16.9. The number of nitro groups is 1. The van der Waals surface area contributed by atoms with Gasteiger partial charge in [0.15, 0.2) is 0 Å². The maximum Gasteiger partial charge on any atom is 0.345 e. The molecule has 0 aromatic heterocycles. The van der Waals surface area contributed by atoms with Gasteiger partial charge < -0.3 is 10.1 Å². The lowest BCUT2D eigenvalue weighted by Crippen LogP contribution is -2.29. The second-order valence-corrected chi connectivity index (χ2v) is 4.70. The van der Waals surface area contributed by atoms with Gasteiger partial charge in [-0.2, -0.15) is 5.01 Å². The smallest absolute Gasteiger partial charge is 0.345 e. The van der Waals surface area contributed by atoms with E-state index in [1.165, 1.54) is 25.3 Å². The van der Waals surface area contributed by atoms with E-state index in [9.17, 15) is 19.8 Å². The summed E-state index contributed by atoms with van der Waals surface area (Å²) in [5, 5.41) is 16.7. The molecule has 0 radical (unpaired) electrons. The number of methoxy groups -OCH3 is 1. The fraction of sp³-hybridized carbons (Fsp3) is 0.133. The molecule has 0 aliphatic carbocycles. The molecule has 124 valence electrons. The molecule has 0 bridgehead atoms. The van der Waals surface area contributed by atoms with Crippen molar-refractivity contribution in [2.75, 3.05) is 12.4 Å². The van der Waals surface area contributed by atoms with Crippen molar-refractivity contribution in [2.24, 2.45) is 5.29 Å². The number of carbonyl (C=O) groups is 1. The first-order valence-electron chi connectivity index (χ1n) is 6.83. The number of urea groups is 1. The molecule has 0 unspecified atom stereocenters. The summed E-state index contributed by atoms with van der Waals surface area (Å²) >= 11 is 0. The standard InChI is InChI=1S/C15H14N4O5/c1-24-12-7-8-13(14(9-12)19(22)23)16-15(20)18(17-21)10-11-5-3-2-4-6-11/h2-9H,10H2,1H3,(H,16,20). The van der Waals surface area contributed by atoms with Crippen LogP contribution < -0.4 is 10.1 Å². The zero-order valence-corrected chi connectivity index (χ0v) is 12.7. The van der Waals surface area contributed by atoms with Gasteiger partial charge in [0.2, 0.25) is 0 Å². The Balaban J connectivity index is 2.18. The number of hydrogen-bond acceptors (Lipinski definition) is 6. The highest BCUT2D eigenvalue weighted by molar-refractivity contribution is 5.91. The van der Waals surface area contributed by atoms with E-state index in [0.29, 0.717) is 10.6 Å². The molecule has 0 fully saturated rings. The topological polar surface area (TPSA) is 114 Å². The lowest BCUT2D eigenvalue weighted by Gasteiger charge is -2.14. The summed E-state index contributed by atoms with van der Waals surface area (Å²) in [6.45, 7) is -0.0554. The molecule has 24 heavy (non-hydrogen) atoms.